The van der Waals surface area contributed by atoms with Gasteiger partial charge in [0.2, 0.25) is 0 Å². The van der Waals surface area contributed by atoms with Crippen LogP contribution in [0.15, 0.2) is 29.3 Å². The number of nitrogens with zero attached hydrogens (tertiary/aromatic N) is 1. The zero-order valence-electron chi connectivity index (χ0n) is 14.1. The molecule has 1 aromatic rings. The second-order valence-corrected chi connectivity index (χ2v) is 5.18. The third-order valence-electron chi connectivity index (χ3n) is 2.94. The van der Waals surface area contributed by atoms with Crippen LogP contribution in [0, 0.1) is 0 Å². The van der Waals surface area contributed by atoms with Crippen LogP contribution in [0.2, 0.25) is 5.02 Å². The standard InChI is InChI=1S/C16H25ClN4O2.HI/c1-3-18-16(20-9-6-12-23-2)21-11-10-19-15(22)13-7-4-5-8-14(13)17;/h4-5,7-8H,3,6,9-12H2,1-2H3,(H,19,22)(H2,18,20,21);1H. The molecule has 0 atom stereocenters. The lowest BCUT2D eigenvalue weighted by molar-refractivity contribution is 0.0954. The molecular weight excluding hydrogens is 443 g/mol. The molecule has 0 radical (unpaired) electrons. The SMILES string of the molecule is CCNC(=NCCCOC)NCCNC(=O)c1ccccc1Cl.I. The zero-order valence-corrected chi connectivity index (χ0v) is 17.2. The Kier molecular flexibility index (Phi) is 13.7. The minimum atomic E-state index is -0.181. The van der Waals surface area contributed by atoms with Gasteiger partial charge in [-0.2, -0.15) is 0 Å². The summed E-state index contributed by atoms with van der Waals surface area (Å²) in [4.78, 5) is 16.4. The van der Waals surface area contributed by atoms with E-state index in [-0.39, 0.29) is 29.9 Å². The molecule has 1 aromatic carbocycles. The number of nitrogens with one attached hydrogen (secondary N) is 3. The van der Waals surface area contributed by atoms with E-state index in [4.69, 9.17) is 16.3 Å². The Morgan fingerprint density at radius 2 is 1.92 bits per heavy atom. The van der Waals surface area contributed by atoms with Crippen LogP contribution < -0.4 is 16.0 Å². The smallest absolute Gasteiger partial charge is 0.252 e. The van der Waals surface area contributed by atoms with E-state index in [2.05, 4.69) is 20.9 Å². The maximum atomic E-state index is 12.0. The van der Waals surface area contributed by atoms with Crippen molar-refractivity contribution in [2.45, 2.75) is 13.3 Å². The van der Waals surface area contributed by atoms with Crippen molar-refractivity contribution in [2.24, 2.45) is 4.99 Å². The van der Waals surface area contributed by atoms with Crippen molar-refractivity contribution in [1.29, 1.82) is 0 Å². The van der Waals surface area contributed by atoms with Gasteiger partial charge in [-0.1, -0.05) is 23.7 Å². The second-order valence-electron chi connectivity index (χ2n) is 4.77. The lowest BCUT2D eigenvalue weighted by atomic mass is 10.2. The van der Waals surface area contributed by atoms with Gasteiger partial charge in [-0.15, -0.1) is 24.0 Å². The highest BCUT2D eigenvalue weighted by molar-refractivity contribution is 14.0. The summed E-state index contributed by atoms with van der Waals surface area (Å²) < 4.78 is 4.99. The number of hydrogen-bond acceptors (Lipinski definition) is 3. The fraction of sp³-hybridized carbons (Fsp3) is 0.500. The van der Waals surface area contributed by atoms with Gasteiger partial charge in [-0.05, 0) is 25.5 Å². The number of carbonyl (C=O) groups is 1. The topological polar surface area (TPSA) is 74.8 Å². The van der Waals surface area contributed by atoms with Gasteiger partial charge in [0.15, 0.2) is 5.96 Å². The van der Waals surface area contributed by atoms with Gasteiger partial charge in [0.1, 0.15) is 0 Å². The summed E-state index contributed by atoms with van der Waals surface area (Å²) in [7, 11) is 1.68. The normalized spacial score (nSPS) is 10.7. The molecule has 1 amide bonds. The Balaban J connectivity index is 0.00000529. The Hall–Kier alpha value is -1.06. The van der Waals surface area contributed by atoms with Crippen molar-refractivity contribution >= 4 is 47.4 Å². The van der Waals surface area contributed by atoms with Gasteiger partial charge >= 0.3 is 0 Å². The van der Waals surface area contributed by atoms with Crippen molar-refractivity contribution in [3.8, 4) is 0 Å². The Morgan fingerprint density at radius 3 is 2.58 bits per heavy atom. The van der Waals surface area contributed by atoms with Crippen molar-refractivity contribution in [2.75, 3.05) is 39.9 Å². The third-order valence-corrected chi connectivity index (χ3v) is 3.27. The van der Waals surface area contributed by atoms with Crippen molar-refractivity contribution in [3.05, 3.63) is 34.9 Å². The van der Waals surface area contributed by atoms with Gasteiger partial charge < -0.3 is 20.7 Å². The maximum Gasteiger partial charge on any atom is 0.252 e. The van der Waals surface area contributed by atoms with Crippen molar-refractivity contribution in [1.82, 2.24) is 16.0 Å². The molecule has 0 spiro atoms. The molecule has 3 N–H and O–H groups in total. The largest absolute Gasteiger partial charge is 0.385 e. The summed E-state index contributed by atoms with van der Waals surface area (Å²) in [6.07, 6.45) is 0.871. The Labute approximate surface area is 165 Å². The molecule has 0 heterocycles. The molecular formula is C16H26ClIN4O2. The molecule has 0 fully saturated rings. The van der Waals surface area contributed by atoms with E-state index in [1.54, 1.807) is 31.4 Å². The number of hydrogen-bond donors (Lipinski definition) is 3. The molecule has 8 heteroatoms. The molecule has 0 aliphatic heterocycles. The molecule has 24 heavy (non-hydrogen) atoms. The van der Waals surface area contributed by atoms with Crippen molar-refractivity contribution in [3.63, 3.8) is 0 Å². The highest BCUT2D eigenvalue weighted by Gasteiger charge is 2.08. The van der Waals surface area contributed by atoms with E-state index in [1.165, 1.54) is 0 Å². The highest BCUT2D eigenvalue weighted by atomic mass is 127. The van der Waals surface area contributed by atoms with Gasteiger partial charge in [0.25, 0.3) is 5.91 Å². The van der Waals surface area contributed by atoms with E-state index in [1.807, 2.05) is 6.92 Å². The second kappa shape index (κ2) is 14.3. The van der Waals surface area contributed by atoms with Crippen LogP contribution in [0.1, 0.15) is 23.7 Å². The average molecular weight is 469 g/mol. The van der Waals surface area contributed by atoms with Crippen LogP contribution in [0.5, 0.6) is 0 Å². The number of guanidine groups is 1. The number of rotatable bonds is 9. The average Bonchev–Trinajstić information content (AvgIpc) is 2.55. The number of aliphatic imine (C=N–C) groups is 1. The number of methoxy groups -OCH3 is 1. The van der Waals surface area contributed by atoms with Crippen LogP contribution in [-0.4, -0.2) is 51.8 Å². The van der Waals surface area contributed by atoms with E-state index in [0.717, 1.165) is 18.9 Å². The lowest BCUT2D eigenvalue weighted by Gasteiger charge is -2.12. The van der Waals surface area contributed by atoms with Crippen LogP contribution in [0.4, 0.5) is 0 Å². The van der Waals surface area contributed by atoms with Crippen LogP contribution in [0.25, 0.3) is 0 Å². The van der Waals surface area contributed by atoms with Crippen LogP contribution >= 0.6 is 35.6 Å². The van der Waals surface area contributed by atoms with Gasteiger partial charge in [0.05, 0.1) is 10.6 Å². The number of carbonyl (C=O) groups excluding carboxylic acids is 1. The predicted octanol–water partition coefficient (Wildman–Crippen LogP) is 2.28. The number of halogens is 2. The summed E-state index contributed by atoms with van der Waals surface area (Å²) in [6, 6.07) is 6.98. The zero-order chi connectivity index (χ0) is 16.9. The molecule has 0 unspecified atom stereocenters. The fourth-order valence-corrected chi connectivity index (χ4v) is 2.06. The number of benzene rings is 1. The Morgan fingerprint density at radius 1 is 1.21 bits per heavy atom. The molecule has 136 valence electrons. The third kappa shape index (κ3) is 9.29. The minimum absolute atomic E-state index is 0. The van der Waals surface area contributed by atoms with Crippen molar-refractivity contribution < 1.29 is 9.53 Å². The first-order valence-electron chi connectivity index (χ1n) is 7.72. The first-order valence-corrected chi connectivity index (χ1v) is 8.10. The molecule has 0 aliphatic carbocycles. The molecule has 0 bridgehead atoms. The van der Waals surface area contributed by atoms with Gasteiger partial charge in [0, 0.05) is 39.9 Å². The number of amides is 1. The lowest BCUT2D eigenvalue weighted by Crippen LogP contribution is -2.41. The summed E-state index contributed by atoms with van der Waals surface area (Å²) in [5, 5.41) is 9.60. The number of ether oxygens (including phenoxy) is 1. The van der Waals surface area contributed by atoms with E-state index in [9.17, 15) is 4.79 Å². The Bertz CT molecular complexity index is 515. The summed E-state index contributed by atoms with van der Waals surface area (Å²) in [5.41, 5.74) is 0.481. The molecule has 6 nitrogen and oxygen atoms in total. The van der Waals surface area contributed by atoms with Crippen LogP contribution in [-0.2, 0) is 4.74 Å². The first-order chi connectivity index (χ1) is 11.2. The minimum Gasteiger partial charge on any atom is -0.385 e. The summed E-state index contributed by atoms with van der Waals surface area (Å²) in [5.74, 6) is 0.551. The molecule has 0 aliphatic rings. The van der Waals surface area contributed by atoms with E-state index < -0.39 is 0 Å². The quantitative estimate of drug-likeness (QED) is 0.225. The van der Waals surface area contributed by atoms with Gasteiger partial charge in [-0.25, -0.2) is 0 Å². The molecule has 0 aromatic heterocycles. The van der Waals surface area contributed by atoms with E-state index >= 15 is 0 Å². The molecule has 0 saturated carbocycles. The molecule has 1 rings (SSSR count). The highest BCUT2D eigenvalue weighted by Crippen LogP contribution is 2.14. The first kappa shape index (κ1) is 22.9. The van der Waals surface area contributed by atoms with E-state index in [0.29, 0.717) is 36.8 Å². The fourth-order valence-electron chi connectivity index (χ4n) is 1.84. The predicted molar refractivity (Wildman–Crippen MR) is 110 cm³/mol. The van der Waals surface area contributed by atoms with Gasteiger partial charge in [-0.3, -0.25) is 9.79 Å². The van der Waals surface area contributed by atoms with Crippen LogP contribution in [0.3, 0.4) is 0 Å². The maximum absolute atomic E-state index is 12.0. The molecule has 0 saturated heterocycles. The summed E-state index contributed by atoms with van der Waals surface area (Å²) >= 11 is 5.99. The summed E-state index contributed by atoms with van der Waals surface area (Å²) in [6.45, 7) is 5.22. The monoisotopic (exact) mass is 468 g/mol.